The van der Waals surface area contributed by atoms with E-state index in [-0.39, 0.29) is 0 Å². The van der Waals surface area contributed by atoms with Crippen molar-refractivity contribution in [3.05, 3.63) is 12.7 Å². The third-order valence-electron chi connectivity index (χ3n) is 1.81. The van der Waals surface area contributed by atoms with Crippen molar-refractivity contribution in [2.24, 2.45) is 0 Å². The predicted octanol–water partition coefficient (Wildman–Crippen LogP) is 2.30. The Hall–Kier alpha value is -0.110. The highest BCUT2D eigenvalue weighted by atomic mass is 31.2. The number of allylic oxidation sites excluding steroid dienone is 1. The van der Waals surface area contributed by atoms with E-state index in [2.05, 4.69) is 6.58 Å². The normalized spacial score (nSPS) is 14.2. The van der Waals surface area contributed by atoms with Crippen LogP contribution in [-0.2, 0) is 4.57 Å². The van der Waals surface area contributed by atoms with Gasteiger partial charge in [0.2, 0.25) is 0 Å². The van der Waals surface area contributed by atoms with Gasteiger partial charge in [-0.1, -0.05) is 25.8 Å². The highest BCUT2D eigenvalue weighted by Crippen LogP contribution is 2.45. The van der Waals surface area contributed by atoms with Gasteiger partial charge in [0.15, 0.2) is 0 Å². The molecule has 12 heavy (non-hydrogen) atoms. The topological polar surface area (TPSA) is 57.5 Å². The van der Waals surface area contributed by atoms with Crippen molar-refractivity contribution in [1.82, 2.24) is 0 Å². The molecule has 0 saturated heterocycles. The fraction of sp³-hybridized carbons (Fsp3) is 0.750. The molecule has 72 valence electrons. The molecule has 0 aromatic rings. The lowest BCUT2D eigenvalue weighted by molar-refractivity contribution is 0.353. The van der Waals surface area contributed by atoms with Gasteiger partial charge in [0, 0.05) is 0 Å². The Morgan fingerprint density at radius 1 is 1.58 bits per heavy atom. The molecule has 2 N–H and O–H groups in total. The van der Waals surface area contributed by atoms with Crippen LogP contribution < -0.4 is 0 Å². The zero-order chi connectivity index (χ0) is 9.61. The molecule has 0 saturated carbocycles. The molecule has 0 amide bonds. The van der Waals surface area contributed by atoms with Crippen LogP contribution in [0.2, 0.25) is 0 Å². The van der Waals surface area contributed by atoms with Gasteiger partial charge < -0.3 is 9.79 Å². The van der Waals surface area contributed by atoms with Crippen molar-refractivity contribution in [3.63, 3.8) is 0 Å². The molecule has 0 aliphatic rings. The van der Waals surface area contributed by atoms with Crippen LogP contribution >= 0.6 is 7.60 Å². The lowest BCUT2D eigenvalue weighted by Crippen LogP contribution is -2.06. The highest BCUT2D eigenvalue weighted by Gasteiger charge is 2.26. The van der Waals surface area contributed by atoms with Gasteiger partial charge in [-0.2, -0.15) is 0 Å². The molecular formula is C8H17O3P. The molecule has 0 radical (unpaired) electrons. The summed E-state index contributed by atoms with van der Waals surface area (Å²) in [6.45, 7) is 5.48. The first kappa shape index (κ1) is 11.9. The van der Waals surface area contributed by atoms with Gasteiger partial charge in [0.1, 0.15) is 0 Å². The van der Waals surface area contributed by atoms with Crippen LogP contribution in [0.15, 0.2) is 12.7 Å². The molecule has 4 heteroatoms. The third kappa shape index (κ3) is 4.70. The van der Waals surface area contributed by atoms with Crippen molar-refractivity contribution in [1.29, 1.82) is 0 Å². The first-order valence-corrected chi connectivity index (χ1v) is 5.86. The third-order valence-corrected chi connectivity index (χ3v) is 3.23. The summed E-state index contributed by atoms with van der Waals surface area (Å²) >= 11 is 0. The maximum absolute atomic E-state index is 10.9. The van der Waals surface area contributed by atoms with Crippen molar-refractivity contribution in [3.8, 4) is 0 Å². The van der Waals surface area contributed by atoms with E-state index in [9.17, 15) is 4.57 Å². The van der Waals surface area contributed by atoms with Gasteiger partial charge in [-0.05, 0) is 12.8 Å². The minimum atomic E-state index is -3.89. The SMILES string of the molecule is C=CCC(CCCC)P(=O)(O)O. The molecule has 3 nitrogen and oxygen atoms in total. The van der Waals surface area contributed by atoms with Gasteiger partial charge in [-0.25, -0.2) is 0 Å². The van der Waals surface area contributed by atoms with E-state index in [4.69, 9.17) is 9.79 Å². The van der Waals surface area contributed by atoms with Crippen LogP contribution in [0, 0.1) is 0 Å². The number of rotatable bonds is 6. The molecule has 0 fully saturated rings. The van der Waals surface area contributed by atoms with Gasteiger partial charge in [-0.3, -0.25) is 4.57 Å². The van der Waals surface area contributed by atoms with E-state index in [0.717, 1.165) is 12.8 Å². The molecule has 1 unspecified atom stereocenters. The van der Waals surface area contributed by atoms with Crippen molar-refractivity contribution in [2.45, 2.75) is 38.3 Å². The molecule has 0 aliphatic heterocycles. The minimum Gasteiger partial charge on any atom is -0.324 e. The molecule has 0 aromatic carbocycles. The lowest BCUT2D eigenvalue weighted by Gasteiger charge is -2.15. The van der Waals surface area contributed by atoms with Crippen LogP contribution in [0.5, 0.6) is 0 Å². The van der Waals surface area contributed by atoms with Crippen molar-refractivity contribution in [2.75, 3.05) is 0 Å². The summed E-state index contributed by atoms with van der Waals surface area (Å²) in [4.78, 5) is 17.8. The van der Waals surface area contributed by atoms with Crippen molar-refractivity contribution < 1.29 is 14.4 Å². The van der Waals surface area contributed by atoms with E-state index < -0.39 is 13.3 Å². The standard InChI is InChI=1S/C8H17O3P/c1-3-5-7-8(6-4-2)12(9,10)11/h4,8H,2-3,5-7H2,1H3,(H2,9,10,11). The molecule has 0 bridgehead atoms. The largest absolute Gasteiger partial charge is 0.328 e. The molecule has 0 aliphatic carbocycles. The second-order valence-corrected chi connectivity index (χ2v) is 4.82. The smallest absolute Gasteiger partial charge is 0.324 e. The summed E-state index contributed by atoms with van der Waals surface area (Å²) < 4.78 is 10.9. The van der Waals surface area contributed by atoms with Crippen LogP contribution in [0.1, 0.15) is 32.6 Å². The Morgan fingerprint density at radius 2 is 2.17 bits per heavy atom. The molecule has 0 aromatic heterocycles. The Kier molecular flexibility index (Phi) is 5.47. The lowest BCUT2D eigenvalue weighted by atomic mass is 10.1. The minimum absolute atomic E-state index is 0.407. The maximum Gasteiger partial charge on any atom is 0.328 e. The monoisotopic (exact) mass is 192 g/mol. The average Bonchev–Trinajstić information content (AvgIpc) is 1.95. The van der Waals surface area contributed by atoms with E-state index in [1.54, 1.807) is 6.08 Å². The van der Waals surface area contributed by atoms with Crippen LogP contribution in [0.3, 0.4) is 0 Å². The van der Waals surface area contributed by atoms with E-state index in [0.29, 0.717) is 12.8 Å². The maximum atomic E-state index is 10.9. The summed E-state index contributed by atoms with van der Waals surface area (Å²) in [6, 6.07) is 0. The molecule has 0 rings (SSSR count). The van der Waals surface area contributed by atoms with Crippen LogP contribution in [-0.4, -0.2) is 15.4 Å². The zero-order valence-electron chi connectivity index (χ0n) is 7.44. The highest BCUT2D eigenvalue weighted by molar-refractivity contribution is 7.52. The summed E-state index contributed by atoms with van der Waals surface area (Å²) in [7, 11) is -3.89. The second-order valence-electron chi connectivity index (χ2n) is 2.91. The molecule has 1 atom stereocenters. The molecule has 0 heterocycles. The van der Waals surface area contributed by atoms with Gasteiger partial charge in [-0.15, -0.1) is 6.58 Å². The van der Waals surface area contributed by atoms with E-state index in [1.807, 2.05) is 6.92 Å². The Bertz CT molecular complexity index is 173. The van der Waals surface area contributed by atoms with E-state index in [1.165, 1.54) is 0 Å². The summed E-state index contributed by atoms with van der Waals surface area (Å²) in [5.74, 6) is 0. The van der Waals surface area contributed by atoms with Gasteiger partial charge >= 0.3 is 7.60 Å². The summed E-state index contributed by atoms with van der Waals surface area (Å²) in [5, 5.41) is 0. The number of hydrogen-bond donors (Lipinski definition) is 2. The second kappa shape index (κ2) is 5.52. The molecular weight excluding hydrogens is 175 g/mol. The van der Waals surface area contributed by atoms with Crippen LogP contribution in [0.25, 0.3) is 0 Å². The first-order valence-electron chi connectivity index (χ1n) is 4.18. The predicted molar refractivity (Wildman–Crippen MR) is 50.2 cm³/mol. The average molecular weight is 192 g/mol. The van der Waals surface area contributed by atoms with Gasteiger partial charge in [0.25, 0.3) is 0 Å². The quantitative estimate of drug-likeness (QED) is 0.501. The Labute approximate surface area is 73.7 Å². The Balaban J connectivity index is 4.04. The summed E-state index contributed by atoms with van der Waals surface area (Å²) in [6.07, 6.45) is 4.40. The zero-order valence-corrected chi connectivity index (χ0v) is 8.33. The van der Waals surface area contributed by atoms with E-state index >= 15 is 0 Å². The Morgan fingerprint density at radius 3 is 2.50 bits per heavy atom. The first-order chi connectivity index (χ1) is 5.52. The number of hydrogen-bond acceptors (Lipinski definition) is 1. The van der Waals surface area contributed by atoms with Crippen LogP contribution in [0.4, 0.5) is 0 Å². The fourth-order valence-electron chi connectivity index (χ4n) is 1.06. The molecule has 0 spiro atoms. The fourth-order valence-corrected chi connectivity index (χ4v) is 2.00. The summed E-state index contributed by atoms with van der Waals surface area (Å²) in [5.41, 5.74) is -0.519. The van der Waals surface area contributed by atoms with Gasteiger partial charge in [0.05, 0.1) is 5.66 Å². The van der Waals surface area contributed by atoms with Crippen molar-refractivity contribution >= 4 is 7.60 Å². The number of unbranched alkanes of at least 4 members (excludes halogenated alkanes) is 1.